The van der Waals surface area contributed by atoms with E-state index in [1.54, 1.807) is 6.07 Å². The molecule has 0 saturated heterocycles. The molecule has 1 amide bonds. The van der Waals surface area contributed by atoms with Gasteiger partial charge in [0.1, 0.15) is 5.75 Å². The molecule has 1 aromatic rings. The highest BCUT2D eigenvalue weighted by atomic mass is 79.9. The lowest BCUT2D eigenvalue weighted by atomic mass is 10.0. The Morgan fingerprint density at radius 2 is 2.35 bits per heavy atom. The van der Waals surface area contributed by atoms with Gasteiger partial charge in [0.05, 0.1) is 6.54 Å². The minimum absolute atomic E-state index is 0.0530. The van der Waals surface area contributed by atoms with E-state index in [-0.39, 0.29) is 25.1 Å². The van der Waals surface area contributed by atoms with Crippen LogP contribution in [0.1, 0.15) is 18.9 Å². The second kappa shape index (κ2) is 8.62. The summed E-state index contributed by atoms with van der Waals surface area (Å²) >= 11 is 3.49. The Morgan fingerprint density at radius 1 is 1.60 bits per heavy atom. The van der Waals surface area contributed by atoms with Crippen molar-refractivity contribution in [3.05, 3.63) is 28.2 Å². The highest BCUT2D eigenvalue weighted by molar-refractivity contribution is 9.10. The van der Waals surface area contributed by atoms with Crippen molar-refractivity contribution < 1.29 is 9.53 Å². The average Bonchev–Trinajstić information content (AvgIpc) is 2.45. The lowest BCUT2D eigenvalue weighted by Crippen LogP contribution is -2.29. The Bertz CT molecular complexity index is 497. The van der Waals surface area contributed by atoms with Gasteiger partial charge < -0.3 is 15.8 Å². The highest BCUT2D eigenvalue weighted by Gasteiger charge is 2.08. The van der Waals surface area contributed by atoms with Crippen LogP contribution >= 0.6 is 15.9 Å². The van der Waals surface area contributed by atoms with Crippen LogP contribution in [0.25, 0.3) is 0 Å². The number of carbonyl (C=O) groups excluding carboxylic acids is 1. The van der Waals surface area contributed by atoms with Crippen molar-refractivity contribution in [1.29, 1.82) is 0 Å². The Labute approximate surface area is 128 Å². The summed E-state index contributed by atoms with van der Waals surface area (Å²) in [5.74, 6) is 2.74. The van der Waals surface area contributed by atoms with Crippen LogP contribution < -0.4 is 15.8 Å². The molecule has 0 aliphatic heterocycles. The van der Waals surface area contributed by atoms with Crippen molar-refractivity contribution in [1.82, 2.24) is 5.32 Å². The number of nitrogens with two attached hydrogens (primary N) is 1. The van der Waals surface area contributed by atoms with Gasteiger partial charge in [-0.25, -0.2) is 0 Å². The molecule has 0 heterocycles. The first-order chi connectivity index (χ1) is 9.56. The first-order valence-electron chi connectivity index (χ1n) is 6.43. The van der Waals surface area contributed by atoms with Crippen LogP contribution in [-0.2, 0) is 11.2 Å². The zero-order valence-corrected chi connectivity index (χ0v) is 13.1. The molecule has 0 radical (unpaired) electrons. The first-order valence-corrected chi connectivity index (χ1v) is 7.23. The summed E-state index contributed by atoms with van der Waals surface area (Å²) in [7, 11) is 0. The molecule has 0 aliphatic rings. The minimum atomic E-state index is -0.238. The molecule has 5 heteroatoms. The molecule has 4 nitrogen and oxygen atoms in total. The third-order valence-corrected chi connectivity index (χ3v) is 3.55. The van der Waals surface area contributed by atoms with E-state index in [0.29, 0.717) is 5.75 Å². The molecule has 20 heavy (non-hydrogen) atoms. The van der Waals surface area contributed by atoms with Crippen molar-refractivity contribution in [3.8, 4) is 18.1 Å². The monoisotopic (exact) mass is 338 g/mol. The molecule has 0 saturated carbocycles. The van der Waals surface area contributed by atoms with Gasteiger partial charge in [-0.3, -0.25) is 4.79 Å². The number of terminal acetylenes is 1. The molecular formula is C15H19BrN2O2. The number of nitrogens with one attached hydrogen (secondary N) is 1. The maximum atomic E-state index is 11.4. The zero-order chi connectivity index (χ0) is 15.0. The molecule has 1 atom stereocenters. The maximum absolute atomic E-state index is 11.4. The van der Waals surface area contributed by atoms with Gasteiger partial charge in [-0.15, -0.1) is 6.42 Å². The second-order valence-corrected chi connectivity index (χ2v) is 5.25. The number of hydrogen-bond acceptors (Lipinski definition) is 3. The minimum Gasteiger partial charge on any atom is -0.484 e. The Hall–Kier alpha value is -1.51. The highest BCUT2D eigenvalue weighted by Crippen LogP contribution is 2.24. The van der Waals surface area contributed by atoms with Crippen molar-refractivity contribution >= 4 is 21.8 Å². The van der Waals surface area contributed by atoms with E-state index in [1.807, 2.05) is 12.1 Å². The lowest BCUT2D eigenvalue weighted by molar-refractivity contribution is -0.122. The number of rotatable bonds is 7. The topological polar surface area (TPSA) is 64.3 Å². The number of ether oxygens (including phenoxy) is 1. The number of amides is 1. The number of benzene rings is 1. The third kappa shape index (κ3) is 5.64. The van der Waals surface area contributed by atoms with E-state index in [9.17, 15) is 4.79 Å². The predicted octanol–water partition coefficient (Wildman–Crippen LogP) is 1.86. The van der Waals surface area contributed by atoms with E-state index >= 15 is 0 Å². The van der Waals surface area contributed by atoms with Crippen LogP contribution in [0.3, 0.4) is 0 Å². The van der Waals surface area contributed by atoms with Gasteiger partial charge in [0, 0.05) is 10.5 Å². The summed E-state index contributed by atoms with van der Waals surface area (Å²) in [6, 6.07) is 5.71. The van der Waals surface area contributed by atoms with Crippen molar-refractivity contribution in [2.45, 2.75) is 25.8 Å². The Kier molecular flexibility index (Phi) is 7.13. The average molecular weight is 339 g/mol. The van der Waals surface area contributed by atoms with Gasteiger partial charge in [-0.2, -0.15) is 0 Å². The summed E-state index contributed by atoms with van der Waals surface area (Å²) < 4.78 is 6.42. The summed E-state index contributed by atoms with van der Waals surface area (Å²) in [5.41, 5.74) is 7.03. The van der Waals surface area contributed by atoms with Gasteiger partial charge in [-0.1, -0.05) is 28.8 Å². The van der Waals surface area contributed by atoms with Crippen LogP contribution in [0.15, 0.2) is 22.7 Å². The molecule has 0 bridgehead atoms. The smallest absolute Gasteiger partial charge is 0.258 e. The molecule has 1 aromatic carbocycles. The number of hydrogen-bond donors (Lipinski definition) is 2. The molecule has 3 N–H and O–H groups in total. The maximum Gasteiger partial charge on any atom is 0.258 e. The van der Waals surface area contributed by atoms with Crippen LogP contribution in [0, 0.1) is 12.3 Å². The zero-order valence-electron chi connectivity index (χ0n) is 11.5. The van der Waals surface area contributed by atoms with Gasteiger partial charge in [-0.05, 0) is 36.6 Å². The number of halogens is 1. The normalized spacial score (nSPS) is 11.5. The summed E-state index contributed by atoms with van der Waals surface area (Å²) in [4.78, 5) is 11.4. The van der Waals surface area contributed by atoms with Crippen molar-refractivity contribution in [2.75, 3.05) is 13.2 Å². The van der Waals surface area contributed by atoms with Crippen molar-refractivity contribution in [3.63, 3.8) is 0 Å². The van der Waals surface area contributed by atoms with Crippen LogP contribution in [0.5, 0.6) is 5.75 Å². The van der Waals surface area contributed by atoms with E-state index in [4.69, 9.17) is 16.9 Å². The Balaban J connectivity index is 2.61. The molecule has 108 valence electrons. The van der Waals surface area contributed by atoms with E-state index in [1.165, 1.54) is 0 Å². The molecule has 0 aromatic heterocycles. The molecule has 0 spiro atoms. The SMILES string of the molecule is C#CCNC(=O)COc1ccc(Br)c(CC(N)CC)c1. The summed E-state index contributed by atoms with van der Waals surface area (Å²) in [5, 5.41) is 2.54. The van der Waals surface area contributed by atoms with Crippen LogP contribution in [-0.4, -0.2) is 25.1 Å². The summed E-state index contributed by atoms with van der Waals surface area (Å²) in [6.07, 6.45) is 6.73. The molecular weight excluding hydrogens is 320 g/mol. The van der Waals surface area contributed by atoms with Gasteiger partial charge in [0.2, 0.25) is 0 Å². The fourth-order valence-electron chi connectivity index (χ4n) is 1.57. The molecule has 1 unspecified atom stereocenters. The fraction of sp³-hybridized carbons (Fsp3) is 0.400. The third-order valence-electron chi connectivity index (χ3n) is 2.78. The Morgan fingerprint density at radius 3 is 3.00 bits per heavy atom. The quantitative estimate of drug-likeness (QED) is 0.746. The summed E-state index contributed by atoms with van der Waals surface area (Å²) in [6.45, 7) is 2.20. The van der Waals surface area contributed by atoms with Crippen molar-refractivity contribution in [2.24, 2.45) is 5.73 Å². The fourth-order valence-corrected chi connectivity index (χ4v) is 1.98. The lowest BCUT2D eigenvalue weighted by Gasteiger charge is -2.12. The molecule has 0 fully saturated rings. The number of carbonyl (C=O) groups is 1. The largest absolute Gasteiger partial charge is 0.484 e. The van der Waals surface area contributed by atoms with Crippen LogP contribution in [0.4, 0.5) is 0 Å². The van der Waals surface area contributed by atoms with Gasteiger partial charge in [0.15, 0.2) is 6.61 Å². The van der Waals surface area contributed by atoms with E-state index in [0.717, 1.165) is 22.9 Å². The van der Waals surface area contributed by atoms with E-state index < -0.39 is 0 Å². The predicted molar refractivity (Wildman–Crippen MR) is 83.5 cm³/mol. The first kappa shape index (κ1) is 16.5. The second-order valence-electron chi connectivity index (χ2n) is 4.40. The van der Waals surface area contributed by atoms with Gasteiger partial charge in [0.25, 0.3) is 5.91 Å². The molecule has 1 rings (SSSR count). The standard InChI is InChI=1S/C15H19BrN2O2/c1-3-7-18-15(19)10-20-13-5-6-14(16)11(9-13)8-12(17)4-2/h1,5-6,9,12H,4,7-8,10,17H2,2H3,(H,18,19). The van der Waals surface area contributed by atoms with Crippen LogP contribution in [0.2, 0.25) is 0 Å². The van der Waals surface area contributed by atoms with Gasteiger partial charge >= 0.3 is 0 Å². The van der Waals surface area contributed by atoms with E-state index in [2.05, 4.69) is 34.1 Å². The molecule has 0 aliphatic carbocycles.